The maximum Gasteiger partial charge on any atom is 0.251 e. The molecule has 0 fully saturated rings. The van der Waals surface area contributed by atoms with Crippen molar-refractivity contribution in [3.05, 3.63) is 45.6 Å². The van der Waals surface area contributed by atoms with Crippen LogP contribution in [0.5, 0.6) is 0 Å². The maximum absolute atomic E-state index is 11.8. The molecule has 1 atom stereocenters. The summed E-state index contributed by atoms with van der Waals surface area (Å²) < 4.78 is 0. The van der Waals surface area contributed by atoms with E-state index in [4.69, 9.17) is 5.73 Å². The molecule has 2 heterocycles. The van der Waals surface area contributed by atoms with E-state index in [-0.39, 0.29) is 11.9 Å². The summed E-state index contributed by atoms with van der Waals surface area (Å²) in [6.07, 6.45) is 1.03. The number of nitrogens with zero attached hydrogens (tertiary/aromatic N) is 1. The molecule has 1 aliphatic heterocycles. The lowest BCUT2D eigenvalue weighted by Gasteiger charge is -2.36. The number of nitrogens with two attached hydrogens (primary N) is 1. The third-order valence-electron chi connectivity index (χ3n) is 4.11. The van der Waals surface area contributed by atoms with Gasteiger partial charge in [-0.05, 0) is 48.6 Å². The first-order chi connectivity index (χ1) is 10.1. The van der Waals surface area contributed by atoms with Gasteiger partial charge in [0, 0.05) is 24.0 Å². The van der Waals surface area contributed by atoms with Crippen LogP contribution in [0.1, 0.15) is 33.8 Å². The van der Waals surface area contributed by atoms with Crippen LogP contribution in [0.15, 0.2) is 29.6 Å². The van der Waals surface area contributed by atoms with E-state index in [2.05, 4.69) is 28.6 Å². The van der Waals surface area contributed by atoms with Crippen molar-refractivity contribution in [2.75, 3.05) is 24.2 Å². The molecule has 110 valence electrons. The predicted molar refractivity (Wildman–Crippen MR) is 88.0 cm³/mol. The average molecular weight is 301 g/mol. The average Bonchev–Trinajstić information content (AvgIpc) is 2.97. The van der Waals surface area contributed by atoms with E-state index in [0.29, 0.717) is 11.3 Å². The summed E-state index contributed by atoms with van der Waals surface area (Å²) in [4.78, 5) is 15.6. The Kier molecular flexibility index (Phi) is 3.59. The van der Waals surface area contributed by atoms with Gasteiger partial charge in [0.15, 0.2) is 0 Å². The molecule has 1 unspecified atom stereocenters. The van der Waals surface area contributed by atoms with Crippen molar-refractivity contribution in [3.63, 3.8) is 0 Å². The van der Waals surface area contributed by atoms with E-state index < -0.39 is 0 Å². The highest BCUT2D eigenvalue weighted by atomic mass is 32.1. The molecule has 3 N–H and O–H groups in total. The van der Waals surface area contributed by atoms with Crippen molar-refractivity contribution >= 4 is 28.6 Å². The van der Waals surface area contributed by atoms with Crippen LogP contribution in [0.2, 0.25) is 0 Å². The van der Waals surface area contributed by atoms with Gasteiger partial charge in [-0.3, -0.25) is 4.79 Å². The van der Waals surface area contributed by atoms with Gasteiger partial charge < -0.3 is 16.0 Å². The number of hydrogen-bond donors (Lipinski definition) is 2. The Bertz CT molecular complexity index is 680. The van der Waals surface area contributed by atoms with Gasteiger partial charge in [-0.15, -0.1) is 11.3 Å². The van der Waals surface area contributed by atoms with E-state index in [1.807, 2.05) is 23.5 Å². The molecule has 0 spiro atoms. The molecular formula is C16H19N3OS. The first-order valence-corrected chi connectivity index (χ1v) is 7.94. The minimum atomic E-state index is -0.0860. The minimum absolute atomic E-state index is 0.0860. The largest absolute Gasteiger partial charge is 0.397 e. The highest BCUT2D eigenvalue weighted by molar-refractivity contribution is 7.10. The van der Waals surface area contributed by atoms with Gasteiger partial charge in [-0.1, -0.05) is 0 Å². The number of rotatable bonds is 2. The fourth-order valence-electron chi connectivity index (χ4n) is 2.92. The second-order valence-corrected chi connectivity index (χ2v) is 6.27. The Morgan fingerprint density at radius 1 is 1.43 bits per heavy atom. The molecule has 4 nitrogen and oxygen atoms in total. The molecule has 21 heavy (non-hydrogen) atoms. The number of nitrogens with one attached hydrogen (secondary N) is 1. The Hall–Kier alpha value is -2.01. The topological polar surface area (TPSA) is 58.4 Å². The number of thiophene rings is 1. The molecule has 1 aliphatic rings. The summed E-state index contributed by atoms with van der Waals surface area (Å²) in [6, 6.07) is 7.94. The zero-order chi connectivity index (χ0) is 15.0. The highest BCUT2D eigenvalue weighted by Crippen LogP contribution is 2.38. The lowest BCUT2D eigenvalue weighted by molar-refractivity contribution is 0.0963. The van der Waals surface area contributed by atoms with Gasteiger partial charge in [0.05, 0.1) is 17.4 Å². The van der Waals surface area contributed by atoms with E-state index in [0.717, 1.165) is 18.7 Å². The normalized spacial score (nSPS) is 17.4. The van der Waals surface area contributed by atoms with Crippen LogP contribution in [0, 0.1) is 0 Å². The van der Waals surface area contributed by atoms with Crippen LogP contribution in [-0.2, 0) is 6.42 Å². The molecule has 3 rings (SSSR count). The number of carbonyl (C=O) groups is 1. The fraction of sp³-hybridized carbons (Fsp3) is 0.312. The first kappa shape index (κ1) is 13.9. The maximum atomic E-state index is 11.8. The van der Waals surface area contributed by atoms with Crippen LogP contribution in [0.3, 0.4) is 0 Å². The SMILES string of the molecule is CNC(=O)c1ccc(N)c(N2CCc3sccc3C2C)c1. The van der Waals surface area contributed by atoms with Crippen molar-refractivity contribution in [3.8, 4) is 0 Å². The summed E-state index contributed by atoms with van der Waals surface area (Å²) in [5, 5.41) is 4.80. The Morgan fingerprint density at radius 3 is 3.00 bits per heavy atom. The second kappa shape index (κ2) is 5.41. The van der Waals surface area contributed by atoms with E-state index >= 15 is 0 Å². The summed E-state index contributed by atoms with van der Waals surface area (Å²) in [7, 11) is 1.64. The third kappa shape index (κ3) is 2.38. The predicted octanol–water partition coefficient (Wildman–Crippen LogP) is 2.81. The molecular weight excluding hydrogens is 282 g/mol. The van der Waals surface area contributed by atoms with Crippen LogP contribution < -0.4 is 16.0 Å². The number of amides is 1. The van der Waals surface area contributed by atoms with Crippen molar-refractivity contribution in [2.24, 2.45) is 0 Å². The molecule has 1 aromatic heterocycles. The molecule has 0 radical (unpaired) electrons. The summed E-state index contributed by atoms with van der Waals surface area (Å²) in [5.74, 6) is -0.0860. The molecule has 0 aliphatic carbocycles. The van der Waals surface area contributed by atoms with Crippen LogP contribution in [0.4, 0.5) is 11.4 Å². The van der Waals surface area contributed by atoms with Crippen molar-refractivity contribution < 1.29 is 4.79 Å². The molecule has 0 bridgehead atoms. The fourth-order valence-corrected chi connectivity index (χ4v) is 3.88. The lowest BCUT2D eigenvalue weighted by atomic mass is 9.99. The summed E-state index contributed by atoms with van der Waals surface area (Å²) in [5.41, 5.74) is 9.82. The van der Waals surface area contributed by atoms with Gasteiger partial charge in [0.1, 0.15) is 0 Å². The van der Waals surface area contributed by atoms with Crippen LogP contribution in [0.25, 0.3) is 0 Å². The van der Waals surface area contributed by atoms with Gasteiger partial charge in [-0.2, -0.15) is 0 Å². The third-order valence-corrected chi connectivity index (χ3v) is 5.10. The van der Waals surface area contributed by atoms with Crippen molar-refractivity contribution in [1.82, 2.24) is 5.32 Å². The Balaban J connectivity index is 1.99. The molecule has 1 aromatic carbocycles. The lowest BCUT2D eigenvalue weighted by Crippen LogP contribution is -2.34. The number of fused-ring (bicyclic) bond motifs is 1. The standard InChI is InChI=1S/C16H19N3OS/c1-10-12-6-8-21-15(12)5-7-19(10)14-9-11(16(20)18-2)3-4-13(14)17/h3-4,6,8-10H,5,7,17H2,1-2H3,(H,18,20). The summed E-state index contributed by atoms with van der Waals surface area (Å²) in [6.45, 7) is 3.12. The Morgan fingerprint density at radius 2 is 2.24 bits per heavy atom. The van der Waals surface area contributed by atoms with Gasteiger partial charge >= 0.3 is 0 Å². The number of anilines is 2. The molecule has 1 amide bonds. The number of nitrogen functional groups attached to an aromatic ring is 1. The zero-order valence-electron chi connectivity index (χ0n) is 12.2. The molecule has 2 aromatic rings. The Labute approximate surface area is 128 Å². The van der Waals surface area contributed by atoms with E-state index in [9.17, 15) is 4.79 Å². The van der Waals surface area contributed by atoms with Gasteiger partial charge in [0.25, 0.3) is 5.91 Å². The van der Waals surface area contributed by atoms with Gasteiger partial charge in [0.2, 0.25) is 0 Å². The van der Waals surface area contributed by atoms with E-state index in [1.54, 1.807) is 13.1 Å². The van der Waals surface area contributed by atoms with Crippen molar-refractivity contribution in [2.45, 2.75) is 19.4 Å². The van der Waals surface area contributed by atoms with E-state index in [1.165, 1.54) is 10.4 Å². The minimum Gasteiger partial charge on any atom is -0.397 e. The molecule has 0 saturated heterocycles. The van der Waals surface area contributed by atoms with Crippen LogP contribution >= 0.6 is 11.3 Å². The highest BCUT2D eigenvalue weighted by Gasteiger charge is 2.26. The number of hydrogen-bond acceptors (Lipinski definition) is 4. The second-order valence-electron chi connectivity index (χ2n) is 5.27. The molecule has 0 saturated carbocycles. The zero-order valence-corrected chi connectivity index (χ0v) is 13.0. The monoisotopic (exact) mass is 301 g/mol. The number of carbonyl (C=O) groups excluding carboxylic acids is 1. The van der Waals surface area contributed by atoms with Crippen molar-refractivity contribution in [1.29, 1.82) is 0 Å². The smallest absolute Gasteiger partial charge is 0.251 e. The number of benzene rings is 1. The summed E-state index contributed by atoms with van der Waals surface area (Å²) >= 11 is 1.82. The van der Waals surface area contributed by atoms with Gasteiger partial charge in [-0.25, -0.2) is 0 Å². The molecule has 5 heteroatoms. The van der Waals surface area contributed by atoms with Crippen LogP contribution in [-0.4, -0.2) is 19.5 Å². The first-order valence-electron chi connectivity index (χ1n) is 7.06. The quantitative estimate of drug-likeness (QED) is 0.839.